The van der Waals surface area contributed by atoms with E-state index >= 15 is 0 Å². The van der Waals surface area contributed by atoms with Crippen molar-refractivity contribution in [3.05, 3.63) is 9.09 Å². The molecule has 3 N–H and O–H groups in total. The van der Waals surface area contributed by atoms with Crippen molar-refractivity contribution in [3.8, 4) is 0 Å². The van der Waals surface area contributed by atoms with E-state index in [1.807, 2.05) is 0 Å². The third-order valence-corrected chi connectivity index (χ3v) is 4.40. The summed E-state index contributed by atoms with van der Waals surface area (Å²) in [4.78, 5) is 0. The quantitative estimate of drug-likeness (QED) is 0.305. The Morgan fingerprint density at radius 3 is 1.77 bits per heavy atom. The molecule has 13 heavy (non-hydrogen) atoms. The van der Waals surface area contributed by atoms with Crippen LogP contribution in [0.25, 0.3) is 0 Å². The molecular weight excluding hydrogens is 426 g/mol. The second-order valence-electron chi connectivity index (χ2n) is 1.64. The molecule has 1 rings (SSSR count). The van der Waals surface area contributed by atoms with E-state index in [0.717, 1.165) is 4.48 Å². The molecule has 0 bridgehead atoms. The van der Waals surface area contributed by atoms with Crippen LogP contribution in [-0.4, -0.2) is 25.7 Å². The number of hydrogen-bond acceptors (Lipinski definition) is 5. The summed E-state index contributed by atoms with van der Waals surface area (Å²) in [6.45, 7) is 0. The van der Waals surface area contributed by atoms with E-state index in [-0.39, 0.29) is 0 Å². The number of alkyl halides is 1. The average Bonchev–Trinajstić information content (AvgIpc) is 2.16. The van der Waals surface area contributed by atoms with Crippen LogP contribution >= 0.6 is 47.8 Å². The molecule has 0 saturated carbocycles. The van der Waals surface area contributed by atoms with E-state index in [4.69, 9.17) is 31.1 Å². The summed E-state index contributed by atoms with van der Waals surface area (Å²) < 4.78 is 0.581. The van der Waals surface area contributed by atoms with Gasteiger partial charge in [-0.15, -0.1) is 0 Å². The summed E-state index contributed by atoms with van der Waals surface area (Å²) in [7, 11) is -2.17. The van der Waals surface area contributed by atoms with Crippen LogP contribution in [0, 0.1) is 0 Å². The van der Waals surface area contributed by atoms with E-state index in [1.165, 1.54) is 0 Å². The van der Waals surface area contributed by atoms with Crippen LogP contribution in [0.15, 0.2) is 19.3 Å². The van der Waals surface area contributed by atoms with Crippen LogP contribution in [-0.2, 0) is 16.0 Å². The van der Waals surface area contributed by atoms with E-state index in [2.05, 4.69) is 58.0 Å². The fraction of sp³-hybridized carbons (Fsp3) is 0.333. The van der Waals surface area contributed by atoms with E-state index in [1.54, 1.807) is 0 Å². The Balaban J connectivity index is 0.000000310. The van der Waals surface area contributed by atoms with Crippen molar-refractivity contribution in [2.75, 3.05) is 0 Å². The maximum atomic E-state index is 7.17. The molecule has 0 fully saturated rings. The molecular formula is C3H3BBr3CuN2O3. The zero-order valence-electron chi connectivity index (χ0n) is 5.75. The molecule has 0 amide bonds. The molecule has 0 aromatic heterocycles. The minimum absolute atomic E-state index is 0.642. The number of nitrogens with zero attached hydrogens (tertiary/aromatic N) is 2. The molecule has 1 aliphatic heterocycles. The second-order valence-corrected chi connectivity index (χ2v) is 5.55. The van der Waals surface area contributed by atoms with Gasteiger partial charge < -0.3 is 15.1 Å². The molecule has 1 heterocycles. The standard InChI is InChI=1S/C3Br3N2.BH3O3.Cu/c4-1-2(5)7-8-3(1)6;2-1(3)4;/h;2-4H;. The summed E-state index contributed by atoms with van der Waals surface area (Å²) in [5.74, 6) is 0. The normalized spacial score (nSPS) is 25.8. The van der Waals surface area contributed by atoms with Gasteiger partial charge in [-0.2, -0.15) is 0 Å². The van der Waals surface area contributed by atoms with Crippen molar-refractivity contribution in [3.63, 3.8) is 0 Å². The first-order valence-corrected chi connectivity index (χ1v) is 5.49. The van der Waals surface area contributed by atoms with Crippen LogP contribution in [0.3, 0.4) is 0 Å². The van der Waals surface area contributed by atoms with Gasteiger partial charge in [-0.25, -0.2) is 0 Å². The number of azo groups is 1. The van der Waals surface area contributed by atoms with Crippen LogP contribution in [0.4, 0.5) is 0 Å². The van der Waals surface area contributed by atoms with E-state index in [0.29, 0.717) is 4.61 Å². The second kappa shape index (κ2) is 5.97. The van der Waals surface area contributed by atoms with Gasteiger partial charge in [0.25, 0.3) is 0 Å². The molecule has 0 aliphatic carbocycles. The molecule has 78 valence electrons. The molecule has 1 aliphatic rings. The number of hydrogen-bond donors (Lipinski definition) is 3. The number of halogens is 3. The molecule has 1 atom stereocenters. The SMILES string of the molecule is OB(O)O.[Cu][C]1(Br)N=NC(Br)=C1Br. The van der Waals surface area contributed by atoms with Gasteiger partial charge in [0.15, 0.2) is 0 Å². The van der Waals surface area contributed by atoms with Gasteiger partial charge in [0.1, 0.15) is 0 Å². The third kappa shape index (κ3) is 5.63. The van der Waals surface area contributed by atoms with E-state index < -0.39 is 10.7 Å². The molecule has 0 saturated heterocycles. The summed E-state index contributed by atoms with van der Waals surface area (Å²) in [6, 6.07) is 0. The molecule has 5 nitrogen and oxygen atoms in total. The topological polar surface area (TPSA) is 85.4 Å². The van der Waals surface area contributed by atoms with Crippen molar-refractivity contribution >= 4 is 55.1 Å². The Kier molecular flexibility index (Phi) is 6.54. The Bertz CT molecular complexity index is 243. The van der Waals surface area contributed by atoms with Crippen LogP contribution in [0.1, 0.15) is 0 Å². The van der Waals surface area contributed by atoms with Crippen LogP contribution in [0.2, 0.25) is 0 Å². The van der Waals surface area contributed by atoms with Crippen LogP contribution < -0.4 is 0 Å². The molecule has 1 unspecified atom stereocenters. The Hall–Kier alpha value is 1.24. The van der Waals surface area contributed by atoms with Gasteiger partial charge in [0.2, 0.25) is 0 Å². The van der Waals surface area contributed by atoms with E-state index in [9.17, 15) is 0 Å². The van der Waals surface area contributed by atoms with Crippen molar-refractivity contribution < 1.29 is 31.1 Å². The predicted molar refractivity (Wildman–Crippen MR) is 53.8 cm³/mol. The average molecular weight is 429 g/mol. The molecule has 0 aromatic rings. The van der Waals surface area contributed by atoms with Gasteiger partial charge in [-0.1, -0.05) is 0 Å². The fourth-order valence-corrected chi connectivity index (χ4v) is 1.66. The first kappa shape index (κ1) is 14.2. The van der Waals surface area contributed by atoms with Gasteiger partial charge in [0, 0.05) is 0 Å². The first-order valence-electron chi connectivity index (χ1n) is 2.64. The Morgan fingerprint density at radius 1 is 1.31 bits per heavy atom. The van der Waals surface area contributed by atoms with Crippen molar-refractivity contribution in [1.29, 1.82) is 0 Å². The monoisotopic (exact) mass is 426 g/mol. The zero-order valence-corrected chi connectivity index (χ0v) is 11.4. The van der Waals surface area contributed by atoms with Crippen molar-refractivity contribution in [1.82, 2.24) is 0 Å². The van der Waals surface area contributed by atoms with Crippen molar-refractivity contribution in [2.45, 2.75) is 3.35 Å². The first-order chi connectivity index (χ1) is 5.77. The summed E-state index contributed by atoms with van der Waals surface area (Å²) in [5, 5.41) is 28.9. The van der Waals surface area contributed by atoms with Crippen LogP contribution in [0.5, 0.6) is 0 Å². The van der Waals surface area contributed by atoms with Gasteiger partial charge in [0.05, 0.1) is 0 Å². The van der Waals surface area contributed by atoms with Gasteiger partial charge >= 0.3 is 93.8 Å². The number of rotatable bonds is 0. The third-order valence-electron chi connectivity index (χ3n) is 0.684. The van der Waals surface area contributed by atoms with Gasteiger partial charge in [-0.05, 0) is 0 Å². The summed E-state index contributed by atoms with van der Waals surface area (Å²) in [5.41, 5.74) is 0. The fourth-order valence-electron chi connectivity index (χ4n) is 0.307. The van der Waals surface area contributed by atoms with Crippen molar-refractivity contribution in [2.24, 2.45) is 10.2 Å². The molecule has 0 spiro atoms. The zero-order chi connectivity index (χ0) is 10.6. The molecule has 0 radical (unpaired) electrons. The van der Waals surface area contributed by atoms with Gasteiger partial charge in [-0.3, -0.25) is 0 Å². The Labute approximate surface area is 108 Å². The molecule has 10 heteroatoms. The summed E-state index contributed by atoms with van der Waals surface area (Å²) >= 11 is 14.6. The molecule has 0 aromatic carbocycles. The minimum atomic E-state index is -2.17. The maximum absolute atomic E-state index is 7.17. The predicted octanol–water partition coefficient (Wildman–Crippen LogP) is 0.955. The summed E-state index contributed by atoms with van der Waals surface area (Å²) in [6.07, 6.45) is 0. The Morgan fingerprint density at radius 2 is 1.69 bits per heavy atom.